The summed E-state index contributed by atoms with van der Waals surface area (Å²) in [5.74, 6) is -0.449. The minimum atomic E-state index is -4.73. The van der Waals surface area contributed by atoms with Gasteiger partial charge in [-0.3, -0.25) is 9.78 Å². The van der Waals surface area contributed by atoms with Crippen molar-refractivity contribution in [3.05, 3.63) is 59.9 Å². The molecule has 1 amide bonds. The molecule has 2 aromatic rings. The largest absolute Gasteiger partial charge is 0.573 e. The lowest BCUT2D eigenvalue weighted by Crippen LogP contribution is -2.31. The van der Waals surface area contributed by atoms with E-state index in [0.717, 1.165) is 11.3 Å². The molecule has 5 nitrogen and oxygen atoms in total. The average molecular weight is 377 g/mol. The van der Waals surface area contributed by atoms with E-state index in [-0.39, 0.29) is 24.5 Å². The van der Waals surface area contributed by atoms with E-state index in [9.17, 15) is 18.0 Å². The Hall–Kier alpha value is -3.08. The van der Waals surface area contributed by atoms with Gasteiger partial charge in [0, 0.05) is 19.2 Å². The lowest BCUT2D eigenvalue weighted by molar-refractivity contribution is -0.274. The second-order valence-corrected chi connectivity index (χ2v) is 5.74. The molecule has 2 rings (SSSR count). The van der Waals surface area contributed by atoms with Crippen LogP contribution in [0.2, 0.25) is 0 Å². The molecule has 27 heavy (non-hydrogen) atoms. The molecule has 0 atom stereocenters. The molecule has 1 aromatic carbocycles. The highest BCUT2D eigenvalue weighted by Gasteiger charge is 2.30. The van der Waals surface area contributed by atoms with E-state index in [1.165, 1.54) is 24.3 Å². The molecule has 0 saturated carbocycles. The number of ether oxygens (including phenoxy) is 1. The van der Waals surface area contributed by atoms with Gasteiger partial charge in [0.05, 0.1) is 24.7 Å². The zero-order valence-corrected chi connectivity index (χ0v) is 14.4. The quantitative estimate of drug-likeness (QED) is 0.701. The Kier molecular flexibility index (Phi) is 7.17. The SMILES string of the molecule is N#CCCN(Cc1ccccn1)C(=O)CCc1ccc(OC(F)(F)F)cc1. The number of alkyl halides is 3. The summed E-state index contributed by atoms with van der Waals surface area (Å²) in [6.07, 6.45) is -2.34. The minimum Gasteiger partial charge on any atom is -0.406 e. The van der Waals surface area contributed by atoms with E-state index in [0.29, 0.717) is 19.5 Å². The van der Waals surface area contributed by atoms with Crippen LogP contribution < -0.4 is 4.74 Å². The Balaban J connectivity index is 1.93. The first-order valence-electron chi connectivity index (χ1n) is 8.27. The van der Waals surface area contributed by atoms with Crippen molar-refractivity contribution in [1.82, 2.24) is 9.88 Å². The molecule has 0 fully saturated rings. The predicted molar refractivity (Wildman–Crippen MR) is 91.3 cm³/mol. The number of rotatable bonds is 8. The van der Waals surface area contributed by atoms with Crippen molar-refractivity contribution in [3.8, 4) is 11.8 Å². The summed E-state index contributed by atoms with van der Waals surface area (Å²) in [4.78, 5) is 18.2. The first-order valence-corrected chi connectivity index (χ1v) is 8.27. The molecule has 0 spiro atoms. The Labute approximate surface area is 155 Å². The molecule has 0 aliphatic rings. The fraction of sp³-hybridized carbons (Fsp3) is 0.316. The highest BCUT2D eigenvalue weighted by atomic mass is 19.4. The highest BCUT2D eigenvalue weighted by Crippen LogP contribution is 2.23. The first kappa shape index (κ1) is 20.2. The summed E-state index contributed by atoms with van der Waals surface area (Å²) in [5, 5.41) is 8.78. The van der Waals surface area contributed by atoms with Gasteiger partial charge in [-0.15, -0.1) is 13.2 Å². The van der Waals surface area contributed by atoms with E-state index in [1.807, 2.05) is 12.1 Å². The number of benzene rings is 1. The number of carbonyl (C=O) groups is 1. The smallest absolute Gasteiger partial charge is 0.406 e. The summed E-state index contributed by atoms with van der Waals surface area (Å²) in [6, 6.07) is 12.8. The van der Waals surface area contributed by atoms with Crippen LogP contribution in [-0.4, -0.2) is 28.7 Å². The summed E-state index contributed by atoms with van der Waals surface area (Å²) >= 11 is 0. The van der Waals surface area contributed by atoms with Crippen LogP contribution in [0.1, 0.15) is 24.1 Å². The van der Waals surface area contributed by atoms with Gasteiger partial charge in [0.1, 0.15) is 5.75 Å². The van der Waals surface area contributed by atoms with Crippen LogP contribution in [0.5, 0.6) is 5.75 Å². The van der Waals surface area contributed by atoms with Crippen LogP contribution in [-0.2, 0) is 17.8 Å². The van der Waals surface area contributed by atoms with E-state index in [4.69, 9.17) is 5.26 Å². The molecule has 1 aromatic heterocycles. The van der Waals surface area contributed by atoms with Crippen molar-refractivity contribution in [2.75, 3.05) is 6.54 Å². The van der Waals surface area contributed by atoms with Crippen molar-refractivity contribution >= 4 is 5.91 Å². The zero-order valence-electron chi connectivity index (χ0n) is 14.4. The van der Waals surface area contributed by atoms with Crippen molar-refractivity contribution in [1.29, 1.82) is 5.26 Å². The summed E-state index contributed by atoms with van der Waals surface area (Å²) in [5.41, 5.74) is 1.44. The number of aromatic nitrogens is 1. The van der Waals surface area contributed by atoms with Crippen LogP contribution in [0.4, 0.5) is 13.2 Å². The zero-order chi connectivity index (χ0) is 19.7. The number of amides is 1. The monoisotopic (exact) mass is 377 g/mol. The molecule has 142 valence electrons. The summed E-state index contributed by atoms with van der Waals surface area (Å²) in [6.45, 7) is 0.601. The van der Waals surface area contributed by atoms with E-state index in [1.54, 1.807) is 23.2 Å². The normalized spacial score (nSPS) is 10.9. The third-order valence-electron chi connectivity index (χ3n) is 3.71. The fourth-order valence-corrected chi connectivity index (χ4v) is 2.43. The van der Waals surface area contributed by atoms with Crippen LogP contribution in [0.25, 0.3) is 0 Å². The molecular weight excluding hydrogens is 359 g/mol. The maximum absolute atomic E-state index is 12.5. The standard InChI is InChI=1S/C19H18F3N3O2/c20-19(21,22)27-17-8-5-15(6-9-17)7-10-18(26)25(13-3-11-23)14-16-4-1-2-12-24-16/h1-2,4-6,8-9,12H,3,7,10,13-14H2. The Morgan fingerprint density at radius 2 is 1.93 bits per heavy atom. The van der Waals surface area contributed by atoms with Gasteiger partial charge in [0.15, 0.2) is 0 Å². The first-order chi connectivity index (χ1) is 12.9. The molecule has 0 aliphatic carbocycles. The van der Waals surface area contributed by atoms with Crippen molar-refractivity contribution in [2.45, 2.75) is 32.2 Å². The number of aryl methyl sites for hydroxylation is 1. The molecule has 0 aliphatic heterocycles. The summed E-state index contributed by atoms with van der Waals surface area (Å²) < 4.78 is 40.3. The van der Waals surface area contributed by atoms with Gasteiger partial charge in [0.25, 0.3) is 0 Å². The summed E-state index contributed by atoms with van der Waals surface area (Å²) in [7, 11) is 0. The maximum atomic E-state index is 12.5. The van der Waals surface area contributed by atoms with Gasteiger partial charge in [-0.1, -0.05) is 18.2 Å². The Morgan fingerprint density at radius 1 is 1.19 bits per heavy atom. The van der Waals surface area contributed by atoms with Crippen LogP contribution in [0.3, 0.4) is 0 Å². The molecule has 1 heterocycles. The lowest BCUT2D eigenvalue weighted by atomic mass is 10.1. The number of nitrogens with zero attached hydrogens (tertiary/aromatic N) is 3. The predicted octanol–water partition coefficient (Wildman–Crippen LogP) is 3.86. The molecule has 0 bridgehead atoms. The average Bonchev–Trinajstić information content (AvgIpc) is 2.64. The van der Waals surface area contributed by atoms with Crippen molar-refractivity contribution in [2.24, 2.45) is 0 Å². The van der Waals surface area contributed by atoms with Gasteiger partial charge in [-0.2, -0.15) is 5.26 Å². The lowest BCUT2D eigenvalue weighted by Gasteiger charge is -2.21. The van der Waals surface area contributed by atoms with Crippen LogP contribution in [0, 0.1) is 11.3 Å². The minimum absolute atomic E-state index is 0.147. The number of hydrogen-bond acceptors (Lipinski definition) is 4. The van der Waals surface area contributed by atoms with E-state index >= 15 is 0 Å². The maximum Gasteiger partial charge on any atom is 0.573 e. The van der Waals surface area contributed by atoms with E-state index < -0.39 is 6.36 Å². The number of carbonyl (C=O) groups excluding carboxylic acids is 1. The Bertz CT molecular complexity index is 772. The van der Waals surface area contributed by atoms with Gasteiger partial charge < -0.3 is 9.64 Å². The third kappa shape index (κ3) is 7.36. The second-order valence-electron chi connectivity index (χ2n) is 5.74. The van der Waals surface area contributed by atoms with Crippen LogP contribution in [0.15, 0.2) is 48.7 Å². The third-order valence-corrected chi connectivity index (χ3v) is 3.71. The van der Waals surface area contributed by atoms with Crippen molar-refractivity contribution in [3.63, 3.8) is 0 Å². The van der Waals surface area contributed by atoms with Gasteiger partial charge in [-0.05, 0) is 36.2 Å². The molecule has 0 saturated heterocycles. The molecule has 0 unspecified atom stereocenters. The van der Waals surface area contributed by atoms with Crippen LogP contribution >= 0.6 is 0 Å². The Morgan fingerprint density at radius 3 is 2.52 bits per heavy atom. The number of nitriles is 1. The number of hydrogen-bond donors (Lipinski definition) is 0. The number of pyridine rings is 1. The highest BCUT2D eigenvalue weighted by molar-refractivity contribution is 5.76. The molecular formula is C19H18F3N3O2. The molecule has 8 heteroatoms. The molecule has 0 N–H and O–H groups in total. The van der Waals surface area contributed by atoms with Gasteiger partial charge in [-0.25, -0.2) is 0 Å². The van der Waals surface area contributed by atoms with E-state index in [2.05, 4.69) is 9.72 Å². The molecule has 0 radical (unpaired) electrons. The second kappa shape index (κ2) is 9.57. The fourth-order valence-electron chi connectivity index (χ4n) is 2.43. The number of halogens is 3. The van der Waals surface area contributed by atoms with Gasteiger partial charge in [0.2, 0.25) is 5.91 Å². The van der Waals surface area contributed by atoms with Crippen molar-refractivity contribution < 1.29 is 22.7 Å². The topological polar surface area (TPSA) is 66.2 Å². The van der Waals surface area contributed by atoms with Gasteiger partial charge >= 0.3 is 6.36 Å².